The van der Waals surface area contributed by atoms with E-state index in [0.29, 0.717) is 13.5 Å². The van der Waals surface area contributed by atoms with E-state index >= 15 is 0 Å². The van der Waals surface area contributed by atoms with Crippen LogP contribution in [0.5, 0.6) is 0 Å². The molecule has 0 atom stereocenters. The van der Waals surface area contributed by atoms with Gasteiger partial charge in [0.05, 0.1) is 4.88 Å². The number of nitrogens with zero attached hydrogens (tertiary/aromatic N) is 1. The fraction of sp³-hybridized carbons (Fsp3) is 0. The highest BCUT2D eigenvalue weighted by Crippen LogP contribution is 2.31. The molecule has 0 radical (unpaired) electrons. The summed E-state index contributed by atoms with van der Waals surface area (Å²) >= 11 is 3.24. The Bertz CT molecular complexity index is 538. The van der Waals surface area contributed by atoms with Crippen molar-refractivity contribution in [2.24, 2.45) is 0 Å². The van der Waals surface area contributed by atoms with Crippen LogP contribution in [-0.4, -0.2) is 16.1 Å². The number of halogens is 2. The van der Waals surface area contributed by atoms with Crippen LogP contribution in [0.2, 0.25) is 0 Å². The van der Waals surface area contributed by atoms with Gasteiger partial charge in [0.1, 0.15) is 5.82 Å². The van der Waals surface area contributed by atoms with Crippen molar-refractivity contribution >= 4 is 39.9 Å². The van der Waals surface area contributed by atoms with E-state index in [-0.39, 0.29) is 11.5 Å². The van der Waals surface area contributed by atoms with E-state index in [2.05, 4.69) is 4.98 Å². The van der Waals surface area contributed by atoms with E-state index in [0.717, 1.165) is 0 Å². The van der Waals surface area contributed by atoms with E-state index < -0.39 is 5.97 Å². The molecule has 0 saturated heterocycles. The zero-order valence-electron chi connectivity index (χ0n) is 7.78. The Morgan fingerprint density at radius 1 is 1.38 bits per heavy atom. The number of hydrogen-bond donors (Lipinski definition) is 1. The summed E-state index contributed by atoms with van der Waals surface area (Å²) in [5, 5.41) is 8.96. The smallest absolute Gasteiger partial charge is 0.356 e. The zero-order valence-corrected chi connectivity index (χ0v) is 10.8. The van der Waals surface area contributed by atoms with Crippen molar-refractivity contribution in [3.8, 4) is 10.4 Å². The number of thiazole rings is 1. The summed E-state index contributed by atoms with van der Waals surface area (Å²) in [4.78, 5) is 15.4. The Morgan fingerprint density at radius 3 is 2.56 bits per heavy atom. The molecule has 2 rings (SSSR count). The van der Waals surface area contributed by atoms with Gasteiger partial charge in [-0.2, -0.15) is 0 Å². The van der Waals surface area contributed by atoms with Crippen LogP contribution in [0.25, 0.3) is 10.4 Å². The van der Waals surface area contributed by atoms with Crippen molar-refractivity contribution in [3.05, 3.63) is 38.8 Å². The lowest BCUT2D eigenvalue weighted by molar-refractivity contribution is 0.0692. The molecule has 0 aliphatic rings. The number of aromatic carboxylic acids is 1. The lowest BCUT2D eigenvalue weighted by Gasteiger charge is -1.98. The topological polar surface area (TPSA) is 50.2 Å². The molecule has 1 aromatic carbocycles. The van der Waals surface area contributed by atoms with Crippen LogP contribution in [0.1, 0.15) is 10.5 Å². The molecule has 1 N–H and O–H groups in total. The summed E-state index contributed by atoms with van der Waals surface area (Å²) in [5.41, 5.74) is 0.681. The molecule has 1 heterocycles. The number of hydrogen-bond acceptors (Lipinski definition) is 3. The number of benzene rings is 1. The standard InChI is InChI=1S/C10H5FINO2S/c11-6-3-1-5(2-4-6)8-7(9(14)15)13-10(12)16-8/h1-4H,(H,14,15). The van der Waals surface area contributed by atoms with Crippen LogP contribution in [0.15, 0.2) is 24.3 Å². The van der Waals surface area contributed by atoms with Crippen molar-refractivity contribution in [3.63, 3.8) is 0 Å². The fourth-order valence-corrected chi connectivity index (χ4v) is 2.93. The van der Waals surface area contributed by atoms with Gasteiger partial charge in [0.15, 0.2) is 8.71 Å². The third kappa shape index (κ3) is 2.22. The molecule has 3 nitrogen and oxygen atoms in total. The van der Waals surface area contributed by atoms with E-state index in [9.17, 15) is 9.18 Å². The van der Waals surface area contributed by atoms with Gasteiger partial charge in [-0.25, -0.2) is 14.2 Å². The number of carboxylic acid groups (broad SMARTS) is 1. The van der Waals surface area contributed by atoms with Crippen LogP contribution >= 0.6 is 33.9 Å². The molecule has 0 unspecified atom stereocenters. The molecular weight excluding hydrogens is 344 g/mol. The molecule has 0 amide bonds. The number of carbonyl (C=O) groups is 1. The molecule has 0 fully saturated rings. The van der Waals surface area contributed by atoms with Crippen molar-refractivity contribution in [1.29, 1.82) is 0 Å². The van der Waals surface area contributed by atoms with Gasteiger partial charge >= 0.3 is 5.97 Å². The number of aromatic nitrogens is 1. The molecule has 16 heavy (non-hydrogen) atoms. The highest BCUT2D eigenvalue weighted by molar-refractivity contribution is 14.1. The van der Waals surface area contributed by atoms with E-state index in [4.69, 9.17) is 5.11 Å². The minimum Gasteiger partial charge on any atom is -0.476 e. The molecule has 0 spiro atoms. The Morgan fingerprint density at radius 2 is 2.00 bits per heavy atom. The van der Waals surface area contributed by atoms with Crippen molar-refractivity contribution in [1.82, 2.24) is 4.98 Å². The van der Waals surface area contributed by atoms with E-state index in [1.165, 1.54) is 23.5 Å². The first-order valence-electron chi connectivity index (χ1n) is 4.23. The average Bonchev–Trinajstić information content (AvgIpc) is 2.61. The maximum atomic E-state index is 12.7. The Kier molecular flexibility index (Phi) is 3.20. The SMILES string of the molecule is O=C(O)c1nc(I)sc1-c1ccc(F)cc1. The first-order valence-corrected chi connectivity index (χ1v) is 6.13. The fourth-order valence-electron chi connectivity index (χ4n) is 1.24. The number of carboxylic acids is 1. The van der Waals surface area contributed by atoms with Crippen molar-refractivity contribution < 1.29 is 14.3 Å². The quantitative estimate of drug-likeness (QED) is 0.847. The van der Waals surface area contributed by atoms with Crippen molar-refractivity contribution in [2.75, 3.05) is 0 Å². The monoisotopic (exact) mass is 349 g/mol. The van der Waals surface area contributed by atoms with Gasteiger partial charge in [0, 0.05) is 0 Å². The maximum absolute atomic E-state index is 12.7. The molecule has 6 heteroatoms. The maximum Gasteiger partial charge on any atom is 0.356 e. The second-order valence-electron chi connectivity index (χ2n) is 2.96. The Labute approximate surface area is 108 Å². The highest BCUT2D eigenvalue weighted by atomic mass is 127. The van der Waals surface area contributed by atoms with Crippen LogP contribution < -0.4 is 0 Å². The minimum atomic E-state index is -1.07. The molecule has 2 aromatic rings. The summed E-state index contributed by atoms with van der Waals surface area (Å²) in [6.45, 7) is 0. The summed E-state index contributed by atoms with van der Waals surface area (Å²) in [6.07, 6.45) is 0. The number of rotatable bonds is 2. The van der Waals surface area contributed by atoms with Gasteiger partial charge in [-0.05, 0) is 40.3 Å². The zero-order chi connectivity index (χ0) is 11.7. The second-order valence-corrected chi connectivity index (χ2v) is 5.71. The predicted octanol–water partition coefficient (Wildman–Crippen LogP) is 3.25. The lowest BCUT2D eigenvalue weighted by atomic mass is 10.1. The third-order valence-corrected chi connectivity index (χ3v) is 3.70. The van der Waals surface area contributed by atoms with Crippen LogP contribution in [-0.2, 0) is 0 Å². The minimum absolute atomic E-state index is 0.0148. The van der Waals surface area contributed by atoms with Crippen LogP contribution in [0, 0.1) is 8.83 Å². The van der Waals surface area contributed by atoms with Crippen LogP contribution in [0.4, 0.5) is 4.39 Å². The summed E-state index contributed by atoms with van der Waals surface area (Å²) < 4.78 is 13.4. The molecule has 82 valence electrons. The first-order chi connectivity index (χ1) is 7.58. The molecule has 0 saturated carbocycles. The highest BCUT2D eigenvalue weighted by Gasteiger charge is 2.17. The molecular formula is C10H5FINO2S. The van der Waals surface area contributed by atoms with E-state index in [1.54, 1.807) is 12.1 Å². The van der Waals surface area contributed by atoms with Gasteiger partial charge in [-0.15, -0.1) is 11.3 Å². The summed E-state index contributed by atoms with van der Waals surface area (Å²) in [5.74, 6) is -1.42. The average molecular weight is 349 g/mol. The molecule has 0 bridgehead atoms. The first kappa shape index (κ1) is 11.5. The van der Waals surface area contributed by atoms with E-state index in [1.807, 2.05) is 22.6 Å². The van der Waals surface area contributed by atoms with Gasteiger partial charge in [-0.1, -0.05) is 12.1 Å². The molecule has 0 aliphatic carbocycles. The van der Waals surface area contributed by atoms with Gasteiger partial charge in [-0.3, -0.25) is 0 Å². The largest absolute Gasteiger partial charge is 0.476 e. The Hall–Kier alpha value is -1.02. The Balaban J connectivity index is 2.55. The van der Waals surface area contributed by atoms with Gasteiger partial charge in [0.25, 0.3) is 0 Å². The molecule has 1 aromatic heterocycles. The normalized spacial score (nSPS) is 10.4. The third-order valence-electron chi connectivity index (χ3n) is 1.91. The molecule has 0 aliphatic heterocycles. The second kappa shape index (κ2) is 4.46. The lowest BCUT2D eigenvalue weighted by Crippen LogP contribution is -1.98. The van der Waals surface area contributed by atoms with Crippen LogP contribution in [0.3, 0.4) is 0 Å². The summed E-state index contributed by atoms with van der Waals surface area (Å²) in [6, 6.07) is 5.69. The van der Waals surface area contributed by atoms with Crippen molar-refractivity contribution in [2.45, 2.75) is 0 Å². The summed E-state index contributed by atoms with van der Waals surface area (Å²) in [7, 11) is 0. The predicted molar refractivity (Wildman–Crippen MR) is 67.2 cm³/mol. The van der Waals surface area contributed by atoms with Gasteiger partial charge < -0.3 is 5.11 Å². The van der Waals surface area contributed by atoms with Gasteiger partial charge in [0.2, 0.25) is 0 Å².